The lowest BCUT2D eigenvalue weighted by molar-refractivity contribution is 0.0780. The van der Waals surface area contributed by atoms with E-state index in [0.29, 0.717) is 10.0 Å². The van der Waals surface area contributed by atoms with Crippen LogP contribution in [0.3, 0.4) is 0 Å². The zero-order valence-electron chi connectivity index (χ0n) is 11.7. The Morgan fingerprint density at radius 3 is 2.57 bits per heavy atom. The van der Waals surface area contributed by atoms with Gasteiger partial charge in [-0.1, -0.05) is 40.9 Å². The van der Waals surface area contributed by atoms with E-state index in [0.717, 1.165) is 11.1 Å². The molecule has 0 saturated carbocycles. The molecule has 21 heavy (non-hydrogen) atoms. The quantitative estimate of drug-likeness (QED) is 0.800. The molecule has 0 fully saturated rings. The third-order valence-corrected chi connectivity index (χ3v) is 3.71. The van der Waals surface area contributed by atoms with E-state index in [1.54, 1.807) is 31.3 Å². The van der Waals surface area contributed by atoms with E-state index in [-0.39, 0.29) is 18.0 Å². The Labute approximate surface area is 133 Å². The highest BCUT2D eigenvalue weighted by molar-refractivity contribution is 6.35. The van der Waals surface area contributed by atoms with Crippen molar-refractivity contribution in [3.05, 3.63) is 69.0 Å². The highest BCUT2D eigenvalue weighted by Crippen LogP contribution is 2.23. The maximum absolute atomic E-state index is 13.8. The van der Waals surface area contributed by atoms with Crippen molar-refractivity contribution in [1.29, 1.82) is 0 Å². The van der Waals surface area contributed by atoms with E-state index in [9.17, 15) is 9.18 Å². The first-order valence-electron chi connectivity index (χ1n) is 6.34. The Balaban J connectivity index is 2.21. The van der Waals surface area contributed by atoms with E-state index in [1.165, 1.54) is 17.0 Å². The first-order valence-corrected chi connectivity index (χ1v) is 7.09. The average Bonchev–Trinajstić information content (AvgIpc) is 2.43. The summed E-state index contributed by atoms with van der Waals surface area (Å²) >= 11 is 11.9. The Hall–Kier alpha value is -1.58. The van der Waals surface area contributed by atoms with Gasteiger partial charge < -0.3 is 4.90 Å². The molecule has 0 bridgehead atoms. The Kier molecular flexibility index (Phi) is 4.86. The summed E-state index contributed by atoms with van der Waals surface area (Å²) in [5.74, 6) is -0.915. The van der Waals surface area contributed by atoms with Crippen LogP contribution in [0.15, 0.2) is 36.4 Å². The first kappa shape index (κ1) is 15.8. The summed E-state index contributed by atoms with van der Waals surface area (Å²) in [6.45, 7) is 2.09. The summed E-state index contributed by atoms with van der Waals surface area (Å²) in [5, 5.41) is 1.01. The molecule has 0 aromatic heterocycles. The van der Waals surface area contributed by atoms with E-state index >= 15 is 0 Å². The van der Waals surface area contributed by atoms with Gasteiger partial charge in [-0.3, -0.25) is 4.79 Å². The van der Waals surface area contributed by atoms with Crippen LogP contribution in [0.5, 0.6) is 0 Å². The number of carbonyl (C=O) groups excluding carboxylic acids is 1. The van der Waals surface area contributed by atoms with E-state index < -0.39 is 5.82 Å². The molecule has 0 radical (unpaired) electrons. The average molecular weight is 326 g/mol. The van der Waals surface area contributed by atoms with Gasteiger partial charge in [-0.25, -0.2) is 4.39 Å². The number of halogens is 3. The fraction of sp³-hybridized carbons (Fsp3) is 0.188. The smallest absolute Gasteiger partial charge is 0.256 e. The number of rotatable bonds is 3. The normalized spacial score (nSPS) is 10.5. The van der Waals surface area contributed by atoms with Crippen molar-refractivity contribution in [2.45, 2.75) is 13.5 Å². The molecule has 0 unspecified atom stereocenters. The van der Waals surface area contributed by atoms with Gasteiger partial charge in [0.05, 0.1) is 5.56 Å². The van der Waals surface area contributed by atoms with Crippen LogP contribution in [0.2, 0.25) is 10.0 Å². The van der Waals surface area contributed by atoms with E-state index in [4.69, 9.17) is 23.2 Å². The first-order chi connectivity index (χ1) is 9.88. The van der Waals surface area contributed by atoms with Crippen LogP contribution in [-0.2, 0) is 6.54 Å². The SMILES string of the molecule is Cc1ccc(F)c(C(=O)N(C)Cc2ccc(Cl)cc2Cl)c1. The standard InChI is InChI=1S/C16H14Cl2FNO/c1-10-3-6-15(19)13(7-10)16(21)20(2)9-11-4-5-12(17)8-14(11)18/h3-8H,9H2,1-2H3. The number of aryl methyl sites for hydroxylation is 1. The Morgan fingerprint density at radius 1 is 1.19 bits per heavy atom. The molecule has 2 nitrogen and oxygen atoms in total. The van der Waals surface area contributed by atoms with Crippen molar-refractivity contribution in [3.63, 3.8) is 0 Å². The van der Waals surface area contributed by atoms with E-state index in [1.807, 2.05) is 6.92 Å². The lowest BCUT2D eigenvalue weighted by Gasteiger charge is -2.18. The van der Waals surface area contributed by atoms with Gasteiger partial charge >= 0.3 is 0 Å². The van der Waals surface area contributed by atoms with Crippen LogP contribution in [0.25, 0.3) is 0 Å². The van der Waals surface area contributed by atoms with Crippen molar-refractivity contribution in [1.82, 2.24) is 4.90 Å². The molecule has 0 saturated heterocycles. The Morgan fingerprint density at radius 2 is 1.90 bits per heavy atom. The van der Waals surface area contributed by atoms with E-state index in [2.05, 4.69) is 0 Å². The van der Waals surface area contributed by atoms with Crippen molar-refractivity contribution in [3.8, 4) is 0 Å². The summed E-state index contributed by atoms with van der Waals surface area (Å²) < 4.78 is 13.8. The fourth-order valence-corrected chi connectivity index (χ4v) is 2.45. The lowest BCUT2D eigenvalue weighted by Crippen LogP contribution is -2.27. The maximum Gasteiger partial charge on any atom is 0.256 e. The number of benzene rings is 2. The summed E-state index contributed by atoms with van der Waals surface area (Å²) in [6, 6.07) is 9.53. The van der Waals surface area contributed by atoms with Gasteiger partial charge in [0.25, 0.3) is 5.91 Å². The van der Waals surface area contributed by atoms with Gasteiger partial charge in [-0.2, -0.15) is 0 Å². The third kappa shape index (κ3) is 3.74. The molecule has 0 atom stereocenters. The molecule has 110 valence electrons. The topological polar surface area (TPSA) is 20.3 Å². The van der Waals surface area contributed by atoms with Gasteiger partial charge in [0.15, 0.2) is 0 Å². The van der Waals surface area contributed by atoms with Crippen molar-refractivity contribution < 1.29 is 9.18 Å². The van der Waals surface area contributed by atoms with Crippen LogP contribution < -0.4 is 0 Å². The number of amides is 1. The van der Waals surface area contributed by atoms with Crippen molar-refractivity contribution >= 4 is 29.1 Å². The molecule has 0 aliphatic rings. The van der Waals surface area contributed by atoms with Gasteiger partial charge in [-0.05, 0) is 36.8 Å². The largest absolute Gasteiger partial charge is 0.337 e. The summed E-state index contributed by atoms with van der Waals surface area (Å²) in [5.41, 5.74) is 1.64. The summed E-state index contributed by atoms with van der Waals surface area (Å²) in [6.07, 6.45) is 0. The zero-order valence-corrected chi connectivity index (χ0v) is 13.2. The van der Waals surface area contributed by atoms with Gasteiger partial charge in [0.2, 0.25) is 0 Å². The molecule has 2 rings (SSSR count). The Bertz CT molecular complexity index is 688. The molecule has 0 heterocycles. The van der Waals surface area contributed by atoms with Crippen LogP contribution in [0.4, 0.5) is 4.39 Å². The fourth-order valence-electron chi connectivity index (χ4n) is 1.99. The highest BCUT2D eigenvalue weighted by Gasteiger charge is 2.17. The molecule has 2 aromatic carbocycles. The van der Waals surface area contributed by atoms with Crippen LogP contribution >= 0.6 is 23.2 Å². The predicted octanol–water partition coefficient (Wildman–Crippen LogP) is 4.71. The minimum absolute atomic E-state index is 0.0579. The predicted molar refractivity (Wildman–Crippen MR) is 83.4 cm³/mol. The van der Waals surface area contributed by atoms with Gasteiger partial charge in [0, 0.05) is 23.6 Å². The molecule has 2 aromatic rings. The molecule has 5 heteroatoms. The monoisotopic (exact) mass is 325 g/mol. The number of hydrogen-bond acceptors (Lipinski definition) is 1. The second kappa shape index (κ2) is 6.46. The molecule has 0 aliphatic carbocycles. The lowest BCUT2D eigenvalue weighted by atomic mass is 10.1. The number of hydrogen-bond donors (Lipinski definition) is 0. The van der Waals surface area contributed by atoms with Crippen molar-refractivity contribution in [2.24, 2.45) is 0 Å². The second-order valence-electron chi connectivity index (χ2n) is 4.88. The minimum atomic E-state index is -0.528. The molecule has 0 spiro atoms. The number of carbonyl (C=O) groups is 1. The molecule has 1 amide bonds. The molecular weight excluding hydrogens is 312 g/mol. The number of nitrogens with zero attached hydrogens (tertiary/aromatic N) is 1. The minimum Gasteiger partial charge on any atom is -0.337 e. The zero-order chi connectivity index (χ0) is 15.6. The highest BCUT2D eigenvalue weighted by atomic mass is 35.5. The maximum atomic E-state index is 13.8. The summed E-state index contributed by atoms with van der Waals surface area (Å²) in [7, 11) is 1.61. The molecule has 0 N–H and O–H groups in total. The van der Waals surface area contributed by atoms with Gasteiger partial charge in [-0.15, -0.1) is 0 Å². The second-order valence-corrected chi connectivity index (χ2v) is 5.72. The van der Waals surface area contributed by atoms with Crippen LogP contribution in [0.1, 0.15) is 21.5 Å². The van der Waals surface area contributed by atoms with Crippen LogP contribution in [0, 0.1) is 12.7 Å². The van der Waals surface area contributed by atoms with Crippen LogP contribution in [-0.4, -0.2) is 17.9 Å². The summed E-state index contributed by atoms with van der Waals surface area (Å²) in [4.78, 5) is 13.7. The molecule has 0 aliphatic heterocycles. The van der Waals surface area contributed by atoms with Crippen molar-refractivity contribution in [2.75, 3.05) is 7.05 Å². The van der Waals surface area contributed by atoms with Gasteiger partial charge in [0.1, 0.15) is 5.82 Å². The molecular formula is C16H14Cl2FNO. The third-order valence-electron chi connectivity index (χ3n) is 3.12.